The molecule has 96 valence electrons. The maximum absolute atomic E-state index is 12.0. The quantitative estimate of drug-likeness (QED) is 0.822. The molecule has 1 N–H and O–H groups in total. The number of carbonyl (C=O) groups is 1. The Bertz CT molecular complexity index is 398. The highest BCUT2D eigenvalue weighted by Crippen LogP contribution is 2.20. The molecule has 1 amide bonds. The van der Waals surface area contributed by atoms with Crippen molar-refractivity contribution < 1.29 is 9.21 Å². The molecule has 0 aliphatic carbocycles. The molecular formula is C13H20ClNO2. The van der Waals surface area contributed by atoms with Crippen LogP contribution in [0.25, 0.3) is 0 Å². The maximum Gasteiger partial charge on any atom is 0.255 e. The lowest BCUT2D eigenvalue weighted by Crippen LogP contribution is -2.26. The Hall–Kier alpha value is -0.960. The number of hydrogen-bond donors (Lipinski definition) is 1. The number of rotatable bonds is 5. The van der Waals surface area contributed by atoms with Crippen molar-refractivity contribution in [3.63, 3.8) is 0 Å². The molecule has 1 atom stereocenters. The number of carbonyl (C=O) groups excluding carboxylic acids is 1. The first kappa shape index (κ1) is 14.1. The van der Waals surface area contributed by atoms with Gasteiger partial charge in [-0.05, 0) is 33.6 Å². The summed E-state index contributed by atoms with van der Waals surface area (Å²) in [6.07, 6.45) is 1.71. The summed E-state index contributed by atoms with van der Waals surface area (Å²) in [6, 6.07) is 0. The topological polar surface area (TPSA) is 42.2 Å². The Morgan fingerprint density at radius 3 is 2.47 bits per heavy atom. The van der Waals surface area contributed by atoms with Gasteiger partial charge in [0.25, 0.3) is 5.91 Å². The zero-order chi connectivity index (χ0) is 13.0. The molecule has 4 heteroatoms. The first-order valence-corrected chi connectivity index (χ1v) is 6.39. The minimum absolute atomic E-state index is 0.0724. The van der Waals surface area contributed by atoms with E-state index in [1.807, 2.05) is 27.7 Å². The molecule has 0 spiro atoms. The molecule has 3 nitrogen and oxygen atoms in total. The number of alkyl halides is 1. The SMILES string of the molecule is CCC(Cl)CCNC(=O)c1c(C)oc(C)c1C. The summed E-state index contributed by atoms with van der Waals surface area (Å²) in [4.78, 5) is 12.0. The fourth-order valence-electron chi connectivity index (χ4n) is 1.76. The summed E-state index contributed by atoms with van der Waals surface area (Å²) in [5, 5.41) is 3.00. The van der Waals surface area contributed by atoms with Crippen molar-refractivity contribution in [2.75, 3.05) is 6.54 Å². The number of furan rings is 1. The molecule has 0 fully saturated rings. The fraction of sp³-hybridized carbons (Fsp3) is 0.615. The van der Waals surface area contributed by atoms with Crippen molar-refractivity contribution in [3.05, 3.63) is 22.6 Å². The van der Waals surface area contributed by atoms with E-state index in [1.165, 1.54) is 0 Å². The molecular weight excluding hydrogens is 238 g/mol. The van der Waals surface area contributed by atoms with Crippen LogP contribution in [0.4, 0.5) is 0 Å². The average molecular weight is 258 g/mol. The lowest BCUT2D eigenvalue weighted by atomic mass is 10.1. The number of amides is 1. The van der Waals surface area contributed by atoms with E-state index in [1.54, 1.807) is 0 Å². The normalized spacial score (nSPS) is 12.5. The van der Waals surface area contributed by atoms with Crippen molar-refractivity contribution >= 4 is 17.5 Å². The largest absolute Gasteiger partial charge is 0.466 e. The zero-order valence-electron chi connectivity index (χ0n) is 10.9. The highest BCUT2D eigenvalue weighted by molar-refractivity contribution is 6.20. The van der Waals surface area contributed by atoms with Gasteiger partial charge in [-0.1, -0.05) is 6.92 Å². The van der Waals surface area contributed by atoms with Gasteiger partial charge in [0.15, 0.2) is 0 Å². The van der Waals surface area contributed by atoms with E-state index in [2.05, 4.69) is 5.32 Å². The van der Waals surface area contributed by atoms with Crippen LogP contribution in [-0.4, -0.2) is 17.8 Å². The number of aryl methyl sites for hydroxylation is 2. The molecule has 0 aliphatic heterocycles. The van der Waals surface area contributed by atoms with Gasteiger partial charge < -0.3 is 9.73 Å². The zero-order valence-corrected chi connectivity index (χ0v) is 11.6. The third-order valence-electron chi connectivity index (χ3n) is 2.97. The van der Waals surface area contributed by atoms with E-state index in [4.69, 9.17) is 16.0 Å². The minimum atomic E-state index is -0.0724. The van der Waals surface area contributed by atoms with Crippen LogP contribution in [0.3, 0.4) is 0 Å². The Balaban J connectivity index is 2.58. The third-order valence-corrected chi connectivity index (χ3v) is 3.50. The molecule has 1 unspecified atom stereocenters. The molecule has 0 saturated heterocycles. The van der Waals surface area contributed by atoms with Crippen molar-refractivity contribution in [2.24, 2.45) is 0 Å². The highest BCUT2D eigenvalue weighted by Gasteiger charge is 2.18. The predicted molar refractivity (Wildman–Crippen MR) is 69.8 cm³/mol. The van der Waals surface area contributed by atoms with Gasteiger partial charge in [-0.25, -0.2) is 0 Å². The summed E-state index contributed by atoms with van der Waals surface area (Å²) >= 11 is 5.99. The lowest BCUT2D eigenvalue weighted by molar-refractivity contribution is 0.0951. The number of halogens is 1. The van der Waals surface area contributed by atoms with Crippen LogP contribution in [0.1, 0.15) is 47.2 Å². The number of nitrogens with one attached hydrogen (secondary N) is 1. The molecule has 0 radical (unpaired) electrons. The van der Waals surface area contributed by atoms with Gasteiger partial charge in [-0.15, -0.1) is 11.6 Å². The van der Waals surface area contributed by atoms with E-state index in [0.29, 0.717) is 17.9 Å². The second-order valence-electron chi connectivity index (χ2n) is 4.26. The van der Waals surface area contributed by atoms with Gasteiger partial charge >= 0.3 is 0 Å². The summed E-state index contributed by atoms with van der Waals surface area (Å²) < 4.78 is 5.43. The third kappa shape index (κ3) is 3.50. The lowest BCUT2D eigenvalue weighted by Gasteiger charge is -2.08. The van der Waals surface area contributed by atoms with Gasteiger partial charge in [0.1, 0.15) is 11.5 Å². The van der Waals surface area contributed by atoms with E-state index in [9.17, 15) is 4.79 Å². The van der Waals surface area contributed by atoms with Gasteiger partial charge in [0, 0.05) is 17.5 Å². The first-order valence-electron chi connectivity index (χ1n) is 5.96. The van der Waals surface area contributed by atoms with Crippen LogP contribution in [-0.2, 0) is 0 Å². The van der Waals surface area contributed by atoms with Crippen LogP contribution in [0.15, 0.2) is 4.42 Å². The van der Waals surface area contributed by atoms with Crippen LogP contribution in [0.5, 0.6) is 0 Å². The Morgan fingerprint density at radius 2 is 2.00 bits per heavy atom. The van der Waals surface area contributed by atoms with Gasteiger partial charge in [-0.2, -0.15) is 0 Å². The molecule has 1 aromatic heterocycles. The summed E-state index contributed by atoms with van der Waals surface area (Å²) in [6.45, 7) is 8.21. The smallest absolute Gasteiger partial charge is 0.255 e. The fourth-order valence-corrected chi connectivity index (χ4v) is 1.87. The standard InChI is InChI=1S/C13H20ClNO2/c1-5-11(14)6-7-15-13(16)12-8(2)9(3)17-10(12)4/h11H,5-7H2,1-4H3,(H,15,16). The average Bonchev–Trinajstić information content (AvgIpc) is 2.52. The molecule has 0 aliphatic rings. The van der Waals surface area contributed by atoms with E-state index in [-0.39, 0.29) is 11.3 Å². The molecule has 1 rings (SSSR count). The van der Waals surface area contributed by atoms with Crippen LogP contribution in [0.2, 0.25) is 0 Å². The van der Waals surface area contributed by atoms with Gasteiger partial charge in [0.2, 0.25) is 0 Å². The van der Waals surface area contributed by atoms with Crippen molar-refractivity contribution in [3.8, 4) is 0 Å². The molecule has 0 saturated carbocycles. The Morgan fingerprint density at radius 1 is 1.35 bits per heavy atom. The maximum atomic E-state index is 12.0. The second-order valence-corrected chi connectivity index (χ2v) is 4.88. The molecule has 17 heavy (non-hydrogen) atoms. The van der Waals surface area contributed by atoms with E-state index >= 15 is 0 Å². The summed E-state index contributed by atoms with van der Waals surface area (Å²) in [5.41, 5.74) is 1.57. The van der Waals surface area contributed by atoms with Crippen LogP contribution in [0, 0.1) is 20.8 Å². The van der Waals surface area contributed by atoms with Crippen LogP contribution >= 0.6 is 11.6 Å². The molecule has 0 bridgehead atoms. The van der Waals surface area contributed by atoms with Crippen molar-refractivity contribution in [2.45, 2.75) is 45.9 Å². The second kappa shape index (κ2) is 6.10. The molecule has 0 aromatic carbocycles. The minimum Gasteiger partial charge on any atom is -0.466 e. The summed E-state index contributed by atoms with van der Waals surface area (Å²) in [7, 11) is 0. The molecule has 1 heterocycles. The number of hydrogen-bond acceptors (Lipinski definition) is 2. The van der Waals surface area contributed by atoms with E-state index in [0.717, 1.165) is 24.2 Å². The van der Waals surface area contributed by atoms with Gasteiger partial charge in [-0.3, -0.25) is 4.79 Å². The Labute approximate surface area is 108 Å². The first-order chi connectivity index (χ1) is 7.97. The monoisotopic (exact) mass is 257 g/mol. The van der Waals surface area contributed by atoms with Gasteiger partial charge in [0.05, 0.1) is 5.56 Å². The Kier molecular flexibility index (Phi) is 5.06. The molecule has 1 aromatic rings. The summed E-state index contributed by atoms with van der Waals surface area (Å²) in [5.74, 6) is 1.41. The van der Waals surface area contributed by atoms with Crippen molar-refractivity contribution in [1.82, 2.24) is 5.32 Å². The van der Waals surface area contributed by atoms with Crippen LogP contribution < -0.4 is 5.32 Å². The predicted octanol–water partition coefficient (Wildman–Crippen LogP) is 3.34. The highest BCUT2D eigenvalue weighted by atomic mass is 35.5. The van der Waals surface area contributed by atoms with E-state index < -0.39 is 0 Å². The van der Waals surface area contributed by atoms with Crippen molar-refractivity contribution in [1.29, 1.82) is 0 Å².